The minimum atomic E-state index is -0.334. The number of halogens is 2. The Kier molecular flexibility index (Phi) is 4.08. The Morgan fingerprint density at radius 1 is 1.43 bits per heavy atom. The molecule has 0 fully saturated rings. The van der Waals surface area contributed by atoms with Crippen molar-refractivity contribution < 1.29 is 9.50 Å². The summed E-state index contributed by atoms with van der Waals surface area (Å²) in [4.78, 5) is 0. The Balaban J connectivity index is 2.73. The predicted octanol–water partition coefficient (Wildman–Crippen LogP) is 3.15. The van der Waals surface area contributed by atoms with Crippen LogP contribution in [0.5, 0.6) is 0 Å². The molecule has 3 heteroatoms. The van der Waals surface area contributed by atoms with E-state index in [2.05, 4.69) is 15.9 Å². The molecule has 0 aliphatic rings. The van der Waals surface area contributed by atoms with Crippen molar-refractivity contribution in [1.29, 1.82) is 0 Å². The van der Waals surface area contributed by atoms with E-state index >= 15 is 0 Å². The van der Waals surface area contributed by atoms with Gasteiger partial charge in [-0.1, -0.05) is 13.0 Å². The van der Waals surface area contributed by atoms with Crippen molar-refractivity contribution in [2.45, 2.75) is 26.4 Å². The van der Waals surface area contributed by atoms with E-state index in [1.807, 2.05) is 6.92 Å². The van der Waals surface area contributed by atoms with Gasteiger partial charge in [-0.3, -0.25) is 0 Å². The van der Waals surface area contributed by atoms with Crippen LogP contribution in [0.4, 0.5) is 4.39 Å². The second-order valence-corrected chi connectivity index (χ2v) is 4.52. The highest BCUT2D eigenvalue weighted by molar-refractivity contribution is 9.10. The summed E-state index contributed by atoms with van der Waals surface area (Å²) in [6, 6.07) is 4.95. The van der Waals surface area contributed by atoms with Gasteiger partial charge in [0.15, 0.2) is 0 Å². The lowest BCUT2D eigenvalue weighted by molar-refractivity contribution is 0.135. The van der Waals surface area contributed by atoms with Crippen molar-refractivity contribution in [2.24, 2.45) is 5.92 Å². The normalized spacial score (nSPS) is 15.2. The summed E-state index contributed by atoms with van der Waals surface area (Å²) in [5.41, 5.74) is 1.03. The lowest BCUT2D eigenvalue weighted by Gasteiger charge is -2.14. The fourth-order valence-corrected chi connectivity index (χ4v) is 1.64. The maximum absolute atomic E-state index is 12.9. The number of aliphatic hydroxyl groups is 1. The summed E-state index contributed by atoms with van der Waals surface area (Å²) in [6.45, 7) is 3.74. The van der Waals surface area contributed by atoms with Crippen molar-refractivity contribution in [3.63, 3.8) is 0 Å². The third-order valence-electron chi connectivity index (χ3n) is 2.37. The van der Waals surface area contributed by atoms with Gasteiger partial charge in [-0.05, 0) is 52.9 Å². The topological polar surface area (TPSA) is 20.2 Å². The minimum Gasteiger partial charge on any atom is -0.393 e. The third-order valence-corrected chi connectivity index (χ3v) is 2.97. The van der Waals surface area contributed by atoms with Crippen LogP contribution in [-0.4, -0.2) is 11.2 Å². The summed E-state index contributed by atoms with van der Waals surface area (Å²) in [6.07, 6.45) is 0.426. The number of hydrogen-bond donors (Lipinski definition) is 1. The maximum atomic E-state index is 12.9. The third kappa shape index (κ3) is 3.07. The molecule has 0 aliphatic heterocycles. The smallest absolute Gasteiger partial charge is 0.137 e. The molecule has 0 radical (unpaired) electrons. The first-order chi connectivity index (χ1) is 6.50. The highest BCUT2D eigenvalue weighted by Crippen LogP contribution is 2.19. The molecule has 1 rings (SSSR count). The van der Waals surface area contributed by atoms with Gasteiger partial charge < -0.3 is 5.11 Å². The van der Waals surface area contributed by atoms with E-state index in [1.165, 1.54) is 6.07 Å². The molecule has 0 heterocycles. The molecule has 0 aliphatic carbocycles. The molecule has 0 saturated heterocycles. The molecule has 1 aromatic carbocycles. The van der Waals surface area contributed by atoms with Gasteiger partial charge in [-0.25, -0.2) is 4.39 Å². The Morgan fingerprint density at radius 3 is 2.57 bits per heavy atom. The fourth-order valence-electron chi connectivity index (χ4n) is 1.21. The van der Waals surface area contributed by atoms with Crippen LogP contribution in [0.15, 0.2) is 22.7 Å². The van der Waals surface area contributed by atoms with Gasteiger partial charge in [0.05, 0.1) is 10.6 Å². The summed E-state index contributed by atoms with van der Waals surface area (Å²) >= 11 is 3.14. The first-order valence-corrected chi connectivity index (χ1v) is 5.42. The van der Waals surface area contributed by atoms with Crippen LogP contribution in [0.2, 0.25) is 0 Å². The highest BCUT2D eigenvalue weighted by Gasteiger charge is 2.10. The van der Waals surface area contributed by atoms with E-state index < -0.39 is 0 Å². The van der Waals surface area contributed by atoms with E-state index in [9.17, 15) is 9.50 Å². The Morgan fingerprint density at radius 2 is 2.07 bits per heavy atom. The van der Waals surface area contributed by atoms with Gasteiger partial charge in [0, 0.05) is 0 Å². The monoisotopic (exact) mass is 260 g/mol. The van der Waals surface area contributed by atoms with Crippen molar-refractivity contribution >= 4 is 15.9 Å². The van der Waals surface area contributed by atoms with Crippen LogP contribution in [0.25, 0.3) is 0 Å². The van der Waals surface area contributed by atoms with E-state index in [4.69, 9.17) is 0 Å². The summed E-state index contributed by atoms with van der Waals surface area (Å²) < 4.78 is 13.4. The van der Waals surface area contributed by atoms with Crippen LogP contribution >= 0.6 is 15.9 Å². The van der Waals surface area contributed by atoms with Crippen LogP contribution in [-0.2, 0) is 6.42 Å². The molecule has 2 unspecified atom stereocenters. The minimum absolute atomic E-state index is 0.187. The van der Waals surface area contributed by atoms with Crippen molar-refractivity contribution in [3.05, 3.63) is 34.1 Å². The van der Waals surface area contributed by atoms with Crippen LogP contribution in [0.1, 0.15) is 19.4 Å². The molecule has 0 amide bonds. The van der Waals surface area contributed by atoms with Crippen molar-refractivity contribution in [3.8, 4) is 0 Å². The summed E-state index contributed by atoms with van der Waals surface area (Å²) in [5.74, 6) is -0.0641. The fraction of sp³-hybridized carbons (Fsp3) is 0.455. The Bertz CT molecular complexity index is 312. The van der Waals surface area contributed by atoms with Gasteiger partial charge in [-0.15, -0.1) is 0 Å². The van der Waals surface area contributed by atoms with Gasteiger partial charge in [-0.2, -0.15) is 0 Å². The number of benzene rings is 1. The molecule has 0 saturated carbocycles. The van der Waals surface area contributed by atoms with Crippen LogP contribution < -0.4 is 0 Å². The molecule has 2 atom stereocenters. The summed E-state index contributed by atoms with van der Waals surface area (Å²) in [5, 5.41) is 9.32. The SMILES string of the molecule is CC(O)C(C)Cc1ccc(F)c(Br)c1. The Hall–Kier alpha value is -0.410. The average Bonchev–Trinajstić information content (AvgIpc) is 2.11. The molecule has 14 heavy (non-hydrogen) atoms. The lowest BCUT2D eigenvalue weighted by Crippen LogP contribution is -2.15. The molecule has 1 aromatic rings. The highest BCUT2D eigenvalue weighted by atomic mass is 79.9. The van der Waals surface area contributed by atoms with E-state index in [-0.39, 0.29) is 17.8 Å². The second-order valence-electron chi connectivity index (χ2n) is 3.67. The molecule has 0 bridgehead atoms. The first-order valence-electron chi connectivity index (χ1n) is 4.62. The predicted molar refractivity (Wildman–Crippen MR) is 58.6 cm³/mol. The van der Waals surface area contributed by atoms with E-state index in [1.54, 1.807) is 19.1 Å². The lowest BCUT2D eigenvalue weighted by atomic mass is 9.97. The zero-order valence-corrected chi connectivity index (χ0v) is 9.88. The molecular weight excluding hydrogens is 247 g/mol. The number of rotatable bonds is 3. The van der Waals surface area contributed by atoms with Crippen LogP contribution in [0.3, 0.4) is 0 Å². The second kappa shape index (κ2) is 4.89. The molecule has 0 spiro atoms. The number of hydrogen-bond acceptors (Lipinski definition) is 1. The largest absolute Gasteiger partial charge is 0.393 e. The molecule has 1 nitrogen and oxygen atoms in total. The van der Waals surface area contributed by atoms with Gasteiger partial charge in [0.1, 0.15) is 5.82 Å². The molecule has 0 aromatic heterocycles. The van der Waals surface area contributed by atoms with Gasteiger partial charge in [0.2, 0.25) is 0 Å². The van der Waals surface area contributed by atoms with E-state index in [0.29, 0.717) is 4.47 Å². The quantitative estimate of drug-likeness (QED) is 0.886. The van der Waals surface area contributed by atoms with Crippen molar-refractivity contribution in [1.82, 2.24) is 0 Å². The number of aliphatic hydroxyl groups excluding tert-OH is 1. The standard InChI is InChI=1S/C11H14BrFO/c1-7(8(2)14)5-9-3-4-11(13)10(12)6-9/h3-4,6-8,14H,5H2,1-2H3. The van der Waals surface area contributed by atoms with E-state index in [0.717, 1.165) is 12.0 Å². The van der Waals surface area contributed by atoms with Crippen LogP contribution in [0, 0.1) is 11.7 Å². The first kappa shape index (κ1) is 11.7. The zero-order chi connectivity index (χ0) is 10.7. The Labute approximate surface area is 92.1 Å². The summed E-state index contributed by atoms with van der Waals surface area (Å²) in [7, 11) is 0. The molecule has 1 N–H and O–H groups in total. The molecular formula is C11H14BrFO. The van der Waals surface area contributed by atoms with Gasteiger partial charge >= 0.3 is 0 Å². The average molecular weight is 261 g/mol. The maximum Gasteiger partial charge on any atom is 0.137 e. The zero-order valence-electron chi connectivity index (χ0n) is 8.30. The molecule has 78 valence electrons. The van der Waals surface area contributed by atoms with Crippen molar-refractivity contribution in [2.75, 3.05) is 0 Å². The van der Waals surface area contributed by atoms with Gasteiger partial charge in [0.25, 0.3) is 0 Å².